The molecule has 0 aliphatic heterocycles. The molecule has 5 heteroatoms. The molecule has 1 aliphatic carbocycles. The monoisotopic (exact) mass is 275 g/mol. The lowest BCUT2D eigenvalue weighted by Crippen LogP contribution is -2.34. The summed E-state index contributed by atoms with van der Waals surface area (Å²) in [6.45, 7) is 0. The Balaban J connectivity index is 1.93. The largest absolute Gasteiger partial charge is 0.359 e. The summed E-state index contributed by atoms with van der Waals surface area (Å²) in [6.07, 6.45) is 3.15. The number of nitrogens with two attached hydrogens (primary N) is 1. The van der Waals surface area contributed by atoms with E-state index in [4.69, 9.17) is 5.73 Å². The van der Waals surface area contributed by atoms with Crippen LogP contribution in [0.15, 0.2) is 24.3 Å². The molecule has 2 unspecified atom stereocenters. The standard InChI is InChI=1S/C15H21N3O2/c1-17-14(19)9-10-5-7-11(8-6-10)18-15(20)12-3-2-4-13(12)16/h5-8,12-13H,2-4,9,16H2,1H3,(H,17,19)(H,18,20). The highest BCUT2D eigenvalue weighted by atomic mass is 16.2. The Morgan fingerprint density at radius 3 is 2.50 bits per heavy atom. The second kappa shape index (κ2) is 6.52. The summed E-state index contributed by atoms with van der Waals surface area (Å²) in [5, 5.41) is 5.47. The fourth-order valence-corrected chi connectivity index (χ4v) is 2.53. The van der Waals surface area contributed by atoms with Crippen LogP contribution >= 0.6 is 0 Å². The predicted octanol–water partition coefficient (Wildman–Crippen LogP) is 1.04. The van der Waals surface area contributed by atoms with Crippen molar-refractivity contribution in [1.29, 1.82) is 0 Å². The Bertz CT molecular complexity index is 484. The lowest BCUT2D eigenvalue weighted by molar-refractivity contribution is -0.120. The normalized spacial score (nSPS) is 21.5. The van der Waals surface area contributed by atoms with Crippen LogP contribution in [0.2, 0.25) is 0 Å². The first kappa shape index (κ1) is 14.5. The van der Waals surface area contributed by atoms with Gasteiger partial charge in [-0.15, -0.1) is 0 Å². The summed E-state index contributed by atoms with van der Waals surface area (Å²) >= 11 is 0. The summed E-state index contributed by atoms with van der Waals surface area (Å²) in [4.78, 5) is 23.3. The van der Waals surface area contributed by atoms with Crippen molar-refractivity contribution >= 4 is 17.5 Å². The molecule has 5 nitrogen and oxygen atoms in total. The van der Waals surface area contributed by atoms with Crippen LogP contribution < -0.4 is 16.4 Å². The van der Waals surface area contributed by atoms with Crippen LogP contribution in [0.1, 0.15) is 24.8 Å². The summed E-state index contributed by atoms with van der Waals surface area (Å²) in [7, 11) is 1.61. The topological polar surface area (TPSA) is 84.2 Å². The SMILES string of the molecule is CNC(=O)Cc1ccc(NC(=O)C2CCCC2N)cc1. The Hall–Kier alpha value is -1.88. The van der Waals surface area contributed by atoms with Gasteiger partial charge >= 0.3 is 0 Å². The molecule has 0 saturated heterocycles. The second-order valence-corrected chi connectivity index (χ2v) is 5.24. The molecule has 1 aromatic carbocycles. The summed E-state index contributed by atoms with van der Waals surface area (Å²) < 4.78 is 0. The Morgan fingerprint density at radius 2 is 1.95 bits per heavy atom. The van der Waals surface area contributed by atoms with Crippen LogP contribution in [0.4, 0.5) is 5.69 Å². The molecule has 1 aromatic rings. The van der Waals surface area contributed by atoms with Crippen molar-refractivity contribution in [1.82, 2.24) is 5.32 Å². The number of amides is 2. The highest BCUT2D eigenvalue weighted by Gasteiger charge is 2.30. The molecule has 20 heavy (non-hydrogen) atoms. The number of carbonyl (C=O) groups excluding carboxylic acids is 2. The van der Waals surface area contributed by atoms with Gasteiger partial charge in [0, 0.05) is 18.8 Å². The minimum absolute atomic E-state index is 0.00551. The van der Waals surface area contributed by atoms with E-state index in [1.165, 1.54) is 0 Å². The van der Waals surface area contributed by atoms with Gasteiger partial charge in [0.2, 0.25) is 11.8 Å². The zero-order chi connectivity index (χ0) is 14.5. The fraction of sp³-hybridized carbons (Fsp3) is 0.467. The van der Waals surface area contributed by atoms with Gasteiger partial charge in [-0.05, 0) is 30.5 Å². The fourth-order valence-electron chi connectivity index (χ4n) is 2.53. The predicted molar refractivity (Wildman–Crippen MR) is 78.2 cm³/mol. The maximum absolute atomic E-state index is 12.1. The van der Waals surface area contributed by atoms with Crippen LogP contribution in [0, 0.1) is 5.92 Å². The number of benzene rings is 1. The van der Waals surface area contributed by atoms with Gasteiger partial charge in [0.05, 0.1) is 12.3 Å². The second-order valence-electron chi connectivity index (χ2n) is 5.24. The molecule has 0 spiro atoms. The zero-order valence-electron chi connectivity index (χ0n) is 11.7. The van der Waals surface area contributed by atoms with Crippen LogP contribution in [0.3, 0.4) is 0 Å². The molecular formula is C15H21N3O2. The first-order valence-corrected chi connectivity index (χ1v) is 6.96. The summed E-state index contributed by atoms with van der Waals surface area (Å²) in [6, 6.07) is 7.30. The number of hydrogen-bond donors (Lipinski definition) is 3. The van der Waals surface area contributed by atoms with Gasteiger partial charge in [-0.3, -0.25) is 9.59 Å². The van der Waals surface area contributed by atoms with Gasteiger partial charge in [-0.2, -0.15) is 0 Å². The van der Waals surface area contributed by atoms with Crippen molar-refractivity contribution < 1.29 is 9.59 Å². The van der Waals surface area contributed by atoms with E-state index in [0.717, 1.165) is 30.5 Å². The van der Waals surface area contributed by atoms with Gasteiger partial charge in [0.25, 0.3) is 0 Å². The van der Waals surface area contributed by atoms with E-state index in [0.29, 0.717) is 6.42 Å². The molecule has 4 N–H and O–H groups in total. The van der Waals surface area contributed by atoms with E-state index in [2.05, 4.69) is 10.6 Å². The quantitative estimate of drug-likeness (QED) is 0.767. The molecule has 1 fully saturated rings. The van der Waals surface area contributed by atoms with Gasteiger partial charge in [0.15, 0.2) is 0 Å². The Kier molecular flexibility index (Phi) is 4.74. The van der Waals surface area contributed by atoms with Crippen molar-refractivity contribution in [3.05, 3.63) is 29.8 Å². The number of carbonyl (C=O) groups is 2. The van der Waals surface area contributed by atoms with E-state index < -0.39 is 0 Å². The van der Waals surface area contributed by atoms with Crippen LogP contribution in [-0.4, -0.2) is 24.9 Å². The van der Waals surface area contributed by atoms with Gasteiger partial charge in [0.1, 0.15) is 0 Å². The molecule has 2 rings (SSSR count). The number of likely N-dealkylation sites (N-methyl/N-ethyl adjacent to an activating group) is 1. The third kappa shape index (κ3) is 3.57. The van der Waals surface area contributed by atoms with Crippen molar-refractivity contribution in [2.24, 2.45) is 11.7 Å². The molecular weight excluding hydrogens is 254 g/mol. The molecule has 0 bridgehead atoms. The molecule has 0 aromatic heterocycles. The van der Waals surface area contributed by atoms with Gasteiger partial charge in [-0.1, -0.05) is 18.6 Å². The van der Waals surface area contributed by atoms with Crippen LogP contribution in [-0.2, 0) is 16.0 Å². The lowest BCUT2D eigenvalue weighted by Gasteiger charge is -2.15. The van der Waals surface area contributed by atoms with Crippen LogP contribution in [0.25, 0.3) is 0 Å². The zero-order valence-corrected chi connectivity index (χ0v) is 11.7. The molecule has 0 heterocycles. The summed E-state index contributed by atoms with van der Waals surface area (Å²) in [5.74, 6) is -0.117. The van der Waals surface area contributed by atoms with Crippen molar-refractivity contribution in [3.8, 4) is 0 Å². The van der Waals surface area contributed by atoms with Crippen molar-refractivity contribution in [2.75, 3.05) is 12.4 Å². The van der Waals surface area contributed by atoms with Crippen LogP contribution in [0.5, 0.6) is 0 Å². The maximum Gasteiger partial charge on any atom is 0.229 e. The lowest BCUT2D eigenvalue weighted by atomic mass is 10.0. The van der Waals surface area contributed by atoms with Gasteiger partial charge < -0.3 is 16.4 Å². The molecule has 0 radical (unpaired) electrons. The molecule has 108 valence electrons. The van der Waals surface area contributed by atoms with Gasteiger partial charge in [-0.25, -0.2) is 0 Å². The maximum atomic E-state index is 12.1. The van der Waals surface area contributed by atoms with Crippen molar-refractivity contribution in [2.45, 2.75) is 31.7 Å². The average Bonchev–Trinajstić information content (AvgIpc) is 2.87. The van der Waals surface area contributed by atoms with E-state index in [9.17, 15) is 9.59 Å². The minimum atomic E-state index is -0.0828. The number of anilines is 1. The number of rotatable bonds is 4. The average molecular weight is 275 g/mol. The number of nitrogens with one attached hydrogen (secondary N) is 2. The number of hydrogen-bond acceptors (Lipinski definition) is 3. The smallest absolute Gasteiger partial charge is 0.229 e. The molecule has 1 aliphatic rings. The first-order chi connectivity index (χ1) is 9.60. The Labute approximate surface area is 118 Å². The van der Waals surface area contributed by atoms with E-state index >= 15 is 0 Å². The minimum Gasteiger partial charge on any atom is -0.359 e. The third-order valence-corrected chi connectivity index (χ3v) is 3.77. The highest BCUT2D eigenvalue weighted by molar-refractivity contribution is 5.93. The van der Waals surface area contributed by atoms with E-state index in [1.54, 1.807) is 7.05 Å². The highest BCUT2D eigenvalue weighted by Crippen LogP contribution is 2.25. The van der Waals surface area contributed by atoms with Crippen molar-refractivity contribution in [3.63, 3.8) is 0 Å². The van der Waals surface area contributed by atoms with E-state index in [-0.39, 0.29) is 23.8 Å². The van der Waals surface area contributed by atoms with E-state index in [1.807, 2.05) is 24.3 Å². The first-order valence-electron chi connectivity index (χ1n) is 6.96. The summed E-state index contributed by atoms with van der Waals surface area (Å²) in [5.41, 5.74) is 7.58. The Morgan fingerprint density at radius 1 is 1.25 bits per heavy atom. The molecule has 2 atom stereocenters. The molecule has 2 amide bonds. The molecule has 1 saturated carbocycles. The third-order valence-electron chi connectivity index (χ3n) is 3.77.